The molecule has 0 spiro atoms. The van der Waals surface area contributed by atoms with Crippen LogP contribution in [0.1, 0.15) is 51.8 Å². The molecule has 0 aliphatic carbocycles. The van der Waals surface area contributed by atoms with Crippen molar-refractivity contribution in [3.63, 3.8) is 0 Å². The third-order valence-electron chi connectivity index (χ3n) is 3.97. The highest BCUT2D eigenvalue weighted by molar-refractivity contribution is 8.00. The third-order valence-corrected chi connectivity index (χ3v) is 5.10. The Morgan fingerprint density at radius 3 is 2.54 bits per heavy atom. The SMILES string of the molecule is CCc1nnc(SC(C)C(=O)c2[nH]c(C)c(C(=O)OC)c2C)n1C. The minimum Gasteiger partial charge on any atom is -0.465 e. The zero-order chi connectivity index (χ0) is 18.0. The smallest absolute Gasteiger partial charge is 0.339 e. The summed E-state index contributed by atoms with van der Waals surface area (Å²) in [6, 6.07) is 0. The molecule has 130 valence electrons. The number of hydrogen-bond acceptors (Lipinski definition) is 6. The summed E-state index contributed by atoms with van der Waals surface area (Å²) in [5, 5.41) is 8.56. The molecule has 2 aromatic rings. The Bertz CT molecular complexity index is 779. The number of Topliss-reactive ketones (excluding diaryl/α,β-unsaturated/α-hetero) is 1. The van der Waals surface area contributed by atoms with E-state index in [4.69, 9.17) is 4.74 Å². The Hall–Kier alpha value is -2.09. The summed E-state index contributed by atoms with van der Waals surface area (Å²) < 4.78 is 6.67. The number of ketones is 1. The van der Waals surface area contributed by atoms with Gasteiger partial charge in [0.25, 0.3) is 0 Å². The van der Waals surface area contributed by atoms with Crippen LogP contribution in [0.25, 0.3) is 0 Å². The zero-order valence-corrected chi connectivity index (χ0v) is 15.6. The average molecular weight is 350 g/mol. The number of H-pyrrole nitrogens is 1. The van der Waals surface area contributed by atoms with Crippen LogP contribution in [0.4, 0.5) is 0 Å². The molecule has 0 aromatic carbocycles. The lowest BCUT2D eigenvalue weighted by Gasteiger charge is -2.09. The predicted octanol–water partition coefficient (Wildman–Crippen LogP) is 2.47. The second-order valence-corrected chi connectivity index (χ2v) is 6.86. The van der Waals surface area contributed by atoms with Crippen molar-refractivity contribution in [2.75, 3.05) is 7.11 Å². The quantitative estimate of drug-likeness (QED) is 0.489. The molecule has 7 nitrogen and oxygen atoms in total. The minimum absolute atomic E-state index is 0.0863. The Balaban J connectivity index is 2.25. The van der Waals surface area contributed by atoms with Gasteiger partial charge in [-0.3, -0.25) is 4.79 Å². The number of ether oxygens (including phenoxy) is 1. The van der Waals surface area contributed by atoms with Gasteiger partial charge in [0.2, 0.25) is 0 Å². The van der Waals surface area contributed by atoms with Crippen molar-refractivity contribution in [3.05, 3.63) is 28.3 Å². The van der Waals surface area contributed by atoms with Gasteiger partial charge in [0.1, 0.15) is 5.82 Å². The molecule has 1 unspecified atom stereocenters. The van der Waals surface area contributed by atoms with Crippen LogP contribution in [-0.2, 0) is 18.2 Å². The molecule has 1 N–H and O–H groups in total. The van der Waals surface area contributed by atoms with Crippen molar-refractivity contribution < 1.29 is 14.3 Å². The molecular formula is C16H22N4O3S. The van der Waals surface area contributed by atoms with E-state index in [0.717, 1.165) is 12.2 Å². The molecular weight excluding hydrogens is 328 g/mol. The average Bonchev–Trinajstić information content (AvgIpc) is 3.05. The first kappa shape index (κ1) is 18.3. The first-order valence-corrected chi connectivity index (χ1v) is 8.56. The van der Waals surface area contributed by atoms with Gasteiger partial charge in [0, 0.05) is 19.2 Å². The van der Waals surface area contributed by atoms with Crippen LogP contribution >= 0.6 is 11.8 Å². The second kappa shape index (κ2) is 7.21. The number of nitrogens with zero attached hydrogens (tertiary/aromatic N) is 3. The number of rotatable bonds is 6. The highest BCUT2D eigenvalue weighted by atomic mass is 32.2. The number of aromatic amines is 1. The fourth-order valence-corrected chi connectivity index (χ4v) is 3.47. The first-order valence-electron chi connectivity index (χ1n) is 7.68. The molecule has 2 rings (SSSR count). The summed E-state index contributed by atoms with van der Waals surface area (Å²) in [6.07, 6.45) is 0.782. The minimum atomic E-state index is -0.443. The number of carbonyl (C=O) groups is 2. The predicted molar refractivity (Wildman–Crippen MR) is 91.6 cm³/mol. The Labute approximate surface area is 145 Å². The molecule has 1 atom stereocenters. The zero-order valence-electron chi connectivity index (χ0n) is 14.8. The summed E-state index contributed by atoms with van der Waals surface area (Å²) in [5.41, 5.74) is 2.10. The number of esters is 1. The largest absolute Gasteiger partial charge is 0.465 e. The molecule has 0 amide bonds. The summed E-state index contributed by atoms with van der Waals surface area (Å²) >= 11 is 1.35. The Morgan fingerprint density at radius 1 is 1.33 bits per heavy atom. The van der Waals surface area contributed by atoms with Crippen LogP contribution in [-0.4, -0.2) is 43.9 Å². The van der Waals surface area contributed by atoms with E-state index in [-0.39, 0.29) is 11.0 Å². The topological polar surface area (TPSA) is 89.9 Å². The number of thioether (sulfide) groups is 1. The van der Waals surface area contributed by atoms with Gasteiger partial charge in [-0.05, 0) is 26.3 Å². The molecule has 8 heteroatoms. The maximum atomic E-state index is 12.8. The van der Waals surface area contributed by atoms with Gasteiger partial charge in [-0.1, -0.05) is 18.7 Å². The van der Waals surface area contributed by atoms with Crippen LogP contribution in [0.3, 0.4) is 0 Å². The van der Waals surface area contributed by atoms with Gasteiger partial charge in [-0.15, -0.1) is 10.2 Å². The summed E-state index contributed by atoms with van der Waals surface area (Å²) in [4.78, 5) is 27.6. The van der Waals surface area contributed by atoms with Gasteiger partial charge in [-0.25, -0.2) is 4.79 Å². The third kappa shape index (κ3) is 3.24. The maximum absolute atomic E-state index is 12.8. The van der Waals surface area contributed by atoms with Gasteiger partial charge < -0.3 is 14.3 Å². The van der Waals surface area contributed by atoms with E-state index in [9.17, 15) is 9.59 Å². The van der Waals surface area contributed by atoms with Gasteiger partial charge in [0.05, 0.1) is 23.6 Å². The Morgan fingerprint density at radius 2 is 2.00 bits per heavy atom. The fraction of sp³-hybridized carbons (Fsp3) is 0.500. The van der Waals surface area contributed by atoms with Crippen molar-refractivity contribution >= 4 is 23.5 Å². The monoisotopic (exact) mass is 350 g/mol. The van der Waals surface area contributed by atoms with Crippen molar-refractivity contribution in [2.45, 2.75) is 44.5 Å². The molecule has 0 saturated carbocycles. The van der Waals surface area contributed by atoms with Crippen molar-refractivity contribution in [1.29, 1.82) is 0 Å². The molecule has 0 bridgehead atoms. The van der Waals surface area contributed by atoms with E-state index in [1.807, 2.05) is 25.5 Å². The standard InChI is InChI=1S/C16H22N4O3S/c1-7-11-18-19-16(20(11)5)24-10(4)14(21)13-8(2)12(9(3)17-13)15(22)23-6/h10,17H,7H2,1-6H3. The van der Waals surface area contributed by atoms with E-state index < -0.39 is 5.97 Å². The first-order chi connectivity index (χ1) is 11.3. The second-order valence-electron chi connectivity index (χ2n) is 5.55. The summed E-state index contributed by atoms with van der Waals surface area (Å²) in [6.45, 7) is 7.33. The van der Waals surface area contributed by atoms with Crippen LogP contribution in [0, 0.1) is 13.8 Å². The van der Waals surface area contributed by atoms with E-state index in [1.165, 1.54) is 18.9 Å². The molecule has 0 fully saturated rings. The highest BCUT2D eigenvalue weighted by Crippen LogP contribution is 2.27. The van der Waals surface area contributed by atoms with E-state index in [0.29, 0.717) is 27.7 Å². The number of carbonyl (C=O) groups excluding carboxylic acids is 2. The van der Waals surface area contributed by atoms with Crippen LogP contribution in [0.2, 0.25) is 0 Å². The van der Waals surface area contributed by atoms with Crippen molar-refractivity contribution in [1.82, 2.24) is 19.7 Å². The normalized spacial score (nSPS) is 12.2. The van der Waals surface area contributed by atoms with E-state index >= 15 is 0 Å². The van der Waals surface area contributed by atoms with Crippen molar-refractivity contribution in [3.8, 4) is 0 Å². The Kier molecular flexibility index (Phi) is 5.48. The molecule has 0 radical (unpaired) electrons. The lowest BCUT2D eigenvalue weighted by molar-refractivity contribution is 0.0599. The van der Waals surface area contributed by atoms with Crippen LogP contribution in [0.15, 0.2) is 5.16 Å². The van der Waals surface area contributed by atoms with Gasteiger partial charge in [0.15, 0.2) is 10.9 Å². The molecule has 0 aliphatic rings. The van der Waals surface area contributed by atoms with Crippen molar-refractivity contribution in [2.24, 2.45) is 7.05 Å². The number of aromatic nitrogens is 4. The van der Waals surface area contributed by atoms with E-state index in [2.05, 4.69) is 15.2 Å². The highest BCUT2D eigenvalue weighted by Gasteiger charge is 2.27. The number of hydrogen-bond donors (Lipinski definition) is 1. The maximum Gasteiger partial charge on any atom is 0.339 e. The number of aryl methyl sites for hydroxylation is 2. The van der Waals surface area contributed by atoms with Crippen LogP contribution in [0.5, 0.6) is 0 Å². The van der Waals surface area contributed by atoms with Gasteiger partial charge in [-0.2, -0.15) is 0 Å². The number of methoxy groups -OCH3 is 1. The molecule has 0 aliphatic heterocycles. The molecule has 24 heavy (non-hydrogen) atoms. The molecule has 2 aromatic heterocycles. The molecule has 0 saturated heterocycles. The lowest BCUT2D eigenvalue weighted by atomic mass is 10.1. The molecule has 2 heterocycles. The number of nitrogens with one attached hydrogen (secondary N) is 1. The summed E-state index contributed by atoms with van der Waals surface area (Å²) in [7, 11) is 3.21. The van der Waals surface area contributed by atoms with Gasteiger partial charge >= 0.3 is 5.97 Å². The van der Waals surface area contributed by atoms with Crippen LogP contribution < -0.4 is 0 Å². The summed E-state index contributed by atoms with van der Waals surface area (Å²) in [5.74, 6) is 0.343. The lowest BCUT2D eigenvalue weighted by Crippen LogP contribution is -2.16. The van der Waals surface area contributed by atoms with E-state index in [1.54, 1.807) is 13.8 Å². The fourth-order valence-electron chi connectivity index (χ4n) is 2.58.